The molecule has 26 heavy (non-hydrogen) atoms. The lowest BCUT2D eigenvalue weighted by Gasteiger charge is -2.24. The second kappa shape index (κ2) is 9.46. The molecule has 2 aromatic carbocycles. The first kappa shape index (κ1) is 19.3. The van der Waals surface area contributed by atoms with E-state index in [1.54, 1.807) is 25.1 Å². The summed E-state index contributed by atoms with van der Waals surface area (Å²) in [5, 5.41) is 0. The van der Waals surface area contributed by atoms with Crippen molar-refractivity contribution in [3.05, 3.63) is 59.7 Å². The zero-order valence-corrected chi connectivity index (χ0v) is 15.2. The Balaban J connectivity index is 2.37. The molecule has 6 nitrogen and oxygen atoms in total. The van der Waals surface area contributed by atoms with Crippen LogP contribution in [0.25, 0.3) is 0 Å². The maximum absolute atomic E-state index is 13.2. The van der Waals surface area contributed by atoms with Gasteiger partial charge in [0.05, 0.1) is 20.8 Å². The van der Waals surface area contributed by atoms with Crippen LogP contribution in [0.2, 0.25) is 0 Å². The quantitative estimate of drug-likeness (QED) is 0.680. The first-order chi connectivity index (χ1) is 12.6. The fourth-order valence-corrected chi connectivity index (χ4v) is 2.59. The minimum atomic E-state index is -0.467. The van der Waals surface area contributed by atoms with Gasteiger partial charge in [-0.05, 0) is 24.6 Å². The molecule has 0 N–H and O–H groups in total. The molecule has 0 radical (unpaired) electrons. The van der Waals surface area contributed by atoms with Gasteiger partial charge in [-0.1, -0.05) is 36.4 Å². The molecule has 0 aromatic heterocycles. The number of benzene rings is 2. The summed E-state index contributed by atoms with van der Waals surface area (Å²) in [5.74, 6) is -0.0607. The molecule has 0 spiro atoms. The molecule has 138 valence electrons. The zero-order valence-electron chi connectivity index (χ0n) is 15.2. The van der Waals surface area contributed by atoms with Crippen molar-refractivity contribution in [3.63, 3.8) is 0 Å². The number of esters is 1. The maximum Gasteiger partial charge on any atom is 0.325 e. The molecule has 0 unspecified atom stereocenters. The number of nitrogens with zero attached hydrogens (tertiary/aromatic N) is 1. The normalized spacial score (nSPS) is 10.1. The van der Waals surface area contributed by atoms with Crippen molar-refractivity contribution in [3.8, 4) is 11.5 Å². The second-order valence-electron chi connectivity index (χ2n) is 5.49. The van der Waals surface area contributed by atoms with E-state index in [1.807, 2.05) is 30.3 Å². The van der Waals surface area contributed by atoms with Crippen LogP contribution in [0.5, 0.6) is 11.5 Å². The van der Waals surface area contributed by atoms with E-state index in [9.17, 15) is 9.59 Å². The zero-order chi connectivity index (χ0) is 18.9. The fraction of sp³-hybridized carbons (Fsp3) is 0.300. The van der Waals surface area contributed by atoms with Crippen molar-refractivity contribution in [2.75, 3.05) is 27.4 Å². The number of rotatable bonds is 8. The minimum Gasteiger partial charge on any atom is -0.496 e. The Labute approximate surface area is 153 Å². The van der Waals surface area contributed by atoms with Crippen molar-refractivity contribution >= 4 is 11.9 Å². The molecule has 0 aliphatic carbocycles. The topological polar surface area (TPSA) is 65.1 Å². The van der Waals surface area contributed by atoms with Crippen LogP contribution >= 0.6 is 0 Å². The summed E-state index contributed by atoms with van der Waals surface area (Å²) in [7, 11) is 2.97. The van der Waals surface area contributed by atoms with Crippen LogP contribution in [0, 0.1) is 0 Å². The maximum atomic E-state index is 13.2. The lowest BCUT2D eigenvalue weighted by molar-refractivity contribution is -0.143. The Hall–Kier alpha value is -3.02. The van der Waals surface area contributed by atoms with E-state index in [4.69, 9.17) is 14.2 Å². The number of methoxy groups -OCH3 is 2. The molecule has 0 saturated carbocycles. The van der Waals surface area contributed by atoms with Crippen LogP contribution in [-0.4, -0.2) is 44.1 Å². The summed E-state index contributed by atoms with van der Waals surface area (Å²) in [6.07, 6.45) is 0. The van der Waals surface area contributed by atoms with E-state index < -0.39 is 5.97 Å². The molecule has 0 aliphatic rings. The summed E-state index contributed by atoms with van der Waals surface area (Å²) >= 11 is 0. The summed E-state index contributed by atoms with van der Waals surface area (Å²) in [6.45, 7) is 2.08. The minimum absolute atomic E-state index is 0.164. The van der Waals surface area contributed by atoms with Crippen LogP contribution < -0.4 is 9.47 Å². The van der Waals surface area contributed by atoms with Gasteiger partial charge in [0.1, 0.15) is 23.6 Å². The highest BCUT2D eigenvalue weighted by Crippen LogP contribution is 2.30. The molecule has 0 bridgehead atoms. The Morgan fingerprint density at radius 1 is 0.923 bits per heavy atom. The van der Waals surface area contributed by atoms with Crippen LogP contribution in [-0.2, 0) is 16.1 Å². The van der Waals surface area contributed by atoms with Crippen molar-refractivity contribution in [2.45, 2.75) is 13.5 Å². The number of carbonyl (C=O) groups is 2. The first-order valence-electron chi connectivity index (χ1n) is 8.30. The van der Waals surface area contributed by atoms with Gasteiger partial charge in [-0.3, -0.25) is 9.59 Å². The van der Waals surface area contributed by atoms with Gasteiger partial charge in [0.2, 0.25) is 0 Å². The van der Waals surface area contributed by atoms with Crippen LogP contribution in [0.15, 0.2) is 48.5 Å². The van der Waals surface area contributed by atoms with Gasteiger partial charge in [0.25, 0.3) is 5.91 Å². The number of hydrogen-bond donors (Lipinski definition) is 0. The average molecular weight is 357 g/mol. The van der Waals surface area contributed by atoms with Gasteiger partial charge >= 0.3 is 5.97 Å². The number of ether oxygens (including phenoxy) is 3. The van der Waals surface area contributed by atoms with E-state index in [0.29, 0.717) is 11.5 Å². The first-order valence-corrected chi connectivity index (χ1v) is 8.30. The van der Waals surface area contributed by atoms with E-state index in [1.165, 1.54) is 19.1 Å². The van der Waals surface area contributed by atoms with Gasteiger partial charge in [-0.25, -0.2) is 0 Å². The molecule has 0 heterocycles. The Morgan fingerprint density at radius 2 is 1.54 bits per heavy atom. The summed E-state index contributed by atoms with van der Waals surface area (Å²) < 4.78 is 15.7. The summed E-state index contributed by atoms with van der Waals surface area (Å²) in [4.78, 5) is 26.6. The lowest BCUT2D eigenvalue weighted by atomic mass is 10.1. The van der Waals surface area contributed by atoms with E-state index in [-0.39, 0.29) is 31.2 Å². The number of amides is 1. The largest absolute Gasteiger partial charge is 0.496 e. The van der Waals surface area contributed by atoms with Gasteiger partial charge in [-0.2, -0.15) is 0 Å². The van der Waals surface area contributed by atoms with Crippen molar-refractivity contribution in [1.29, 1.82) is 0 Å². The molecule has 2 aromatic rings. The van der Waals surface area contributed by atoms with E-state index in [2.05, 4.69) is 0 Å². The third kappa shape index (κ3) is 4.75. The highest BCUT2D eigenvalue weighted by atomic mass is 16.5. The molecule has 0 saturated heterocycles. The molecule has 1 amide bonds. The highest BCUT2D eigenvalue weighted by molar-refractivity contribution is 6.01. The molecule has 0 atom stereocenters. The van der Waals surface area contributed by atoms with Crippen molar-refractivity contribution < 1.29 is 23.8 Å². The number of hydrogen-bond acceptors (Lipinski definition) is 5. The van der Waals surface area contributed by atoms with Crippen molar-refractivity contribution in [1.82, 2.24) is 4.90 Å². The predicted molar refractivity (Wildman–Crippen MR) is 97.4 cm³/mol. The predicted octanol–water partition coefficient (Wildman–Crippen LogP) is 2.91. The Morgan fingerprint density at radius 3 is 2.08 bits per heavy atom. The third-order valence-corrected chi connectivity index (χ3v) is 3.77. The molecule has 0 fully saturated rings. The monoisotopic (exact) mass is 357 g/mol. The lowest BCUT2D eigenvalue weighted by Crippen LogP contribution is -2.36. The molecule has 2 rings (SSSR count). The third-order valence-electron chi connectivity index (χ3n) is 3.77. The highest BCUT2D eigenvalue weighted by Gasteiger charge is 2.26. The fourth-order valence-electron chi connectivity index (χ4n) is 2.59. The average Bonchev–Trinajstić information content (AvgIpc) is 2.67. The van der Waals surface area contributed by atoms with Gasteiger partial charge in [0, 0.05) is 6.54 Å². The van der Waals surface area contributed by atoms with Crippen molar-refractivity contribution in [2.24, 2.45) is 0 Å². The summed E-state index contributed by atoms with van der Waals surface area (Å²) in [5.41, 5.74) is 1.18. The van der Waals surface area contributed by atoms with Gasteiger partial charge < -0.3 is 19.1 Å². The second-order valence-corrected chi connectivity index (χ2v) is 5.49. The van der Waals surface area contributed by atoms with Crippen LogP contribution in [0.1, 0.15) is 22.8 Å². The van der Waals surface area contributed by atoms with Gasteiger partial charge in [0.15, 0.2) is 0 Å². The SMILES string of the molecule is CCOC(=O)CN(Cc1ccccc1)C(=O)c1c(OC)cccc1OC. The number of carbonyl (C=O) groups excluding carboxylic acids is 2. The van der Waals surface area contributed by atoms with Crippen LogP contribution in [0.4, 0.5) is 0 Å². The Bertz CT molecular complexity index is 723. The van der Waals surface area contributed by atoms with E-state index >= 15 is 0 Å². The molecule has 0 aliphatic heterocycles. The Kier molecular flexibility index (Phi) is 7.02. The van der Waals surface area contributed by atoms with Crippen LogP contribution in [0.3, 0.4) is 0 Å². The standard InChI is InChI=1S/C20H23NO5/c1-4-26-18(22)14-21(13-15-9-6-5-7-10-15)20(23)19-16(24-2)11-8-12-17(19)25-3/h5-12H,4,13-14H2,1-3H3. The molecular formula is C20H23NO5. The van der Waals surface area contributed by atoms with E-state index in [0.717, 1.165) is 5.56 Å². The summed E-state index contributed by atoms with van der Waals surface area (Å²) in [6, 6.07) is 14.5. The molecular weight excluding hydrogens is 334 g/mol. The smallest absolute Gasteiger partial charge is 0.325 e. The molecule has 6 heteroatoms. The van der Waals surface area contributed by atoms with Gasteiger partial charge in [-0.15, -0.1) is 0 Å².